The average molecular weight is 600 g/mol. The van der Waals surface area contributed by atoms with Gasteiger partial charge in [0, 0.05) is 29.7 Å². The number of nitro benzene ring substituents is 1. The van der Waals surface area contributed by atoms with Gasteiger partial charge in [0.15, 0.2) is 0 Å². The van der Waals surface area contributed by atoms with Crippen LogP contribution in [-0.2, 0) is 26.2 Å². The monoisotopic (exact) mass is 598 g/mol. The number of nitrogens with one attached hydrogen (secondary N) is 1. The van der Waals surface area contributed by atoms with Gasteiger partial charge in [-0.25, -0.2) is 8.42 Å². The lowest BCUT2D eigenvalue weighted by Crippen LogP contribution is -2.51. The van der Waals surface area contributed by atoms with Crippen LogP contribution in [0.1, 0.15) is 26.3 Å². The molecule has 0 spiro atoms. The number of rotatable bonds is 12. The van der Waals surface area contributed by atoms with Gasteiger partial charge in [-0.1, -0.05) is 41.9 Å². The minimum Gasteiger partial charge on any atom is -0.495 e. The molecule has 0 heterocycles. The Kier molecular flexibility index (Phi) is 10.4. The van der Waals surface area contributed by atoms with Crippen molar-refractivity contribution >= 4 is 49.1 Å². The molecular weight excluding hydrogens is 568 g/mol. The number of anilines is 1. The predicted molar refractivity (Wildman–Crippen MR) is 144 cm³/mol. The molecule has 0 radical (unpaired) electrons. The van der Waals surface area contributed by atoms with Gasteiger partial charge in [-0.15, -0.1) is 0 Å². The standard InChI is InChI=1S/C24H31BrN4O7S/c1-16(2)13-26-24(31)17(3)27(14-18-7-6-8-19(25)11-18)23(30)15-28(37(5,34)35)21-12-20(29(32)33)9-10-22(21)36-4/h6-12,16-17H,13-15H2,1-5H3,(H,26,31)/t17-/m1/s1. The van der Waals surface area contributed by atoms with Crippen molar-refractivity contribution in [3.8, 4) is 5.75 Å². The molecule has 0 unspecified atom stereocenters. The van der Waals surface area contributed by atoms with Gasteiger partial charge >= 0.3 is 0 Å². The fourth-order valence-electron chi connectivity index (χ4n) is 3.45. The molecule has 2 aromatic carbocycles. The van der Waals surface area contributed by atoms with E-state index in [9.17, 15) is 28.1 Å². The zero-order valence-electron chi connectivity index (χ0n) is 21.3. The van der Waals surface area contributed by atoms with Crippen LogP contribution in [0, 0.1) is 16.0 Å². The third-order valence-corrected chi connectivity index (χ3v) is 7.03. The molecule has 2 aromatic rings. The van der Waals surface area contributed by atoms with E-state index >= 15 is 0 Å². The van der Waals surface area contributed by atoms with Crippen molar-refractivity contribution in [3.05, 3.63) is 62.6 Å². The van der Waals surface area contributed by atoms with Crippen LogP contribution >= 0.6 is 15.9 Å². The van der Waals surface area contributed by atoms with Crippen LogP contribution in [0.25, 0.3) is 0 Å². The number of hydrogen-bond acceptors (Lipinski definition) is 7. The number of carbonyl (C=O) groups excluding carboxylic acids is 2. The lowest BCUT2D eigenvalue weighted by atomic mass is 10.1. The van der Waals surface area contributed by atoms with E-state index in [0.717, 1.165) is 21.1 Å². The molecule has 2 rings (SSSR count). The molecule has 0 aromatic heterocycles. The number of ether oxygens (including phenoxy) is 1. The first-order valence-corrected chi connectivity index (χ1v) is 14.0. The van der Waals surface area contributed by atoms with Gasteiger partial charge in [0.1, 0.15) is 24.0 Å². The van der Waals surface area contributed by atoms with Gasteiger partial charge in [0.05, 0.1) is 18.3 Å². The number of carbonyl (C=O) groups is 2. The van der Waals surface area contributed by atoms with Crippen LogP contribution in [0.3, 0.4) is 0 Å². The molecule has 11 nitrogen and oxygen atoms in total. The molecule has 13 heteroatoms. The van der Waals surface area contributed by atoms with Gasteiger partial charge in [0.2, 0.25) is 21.8 Å². The summed E-state index contributed by atoms with van der Waals surface area (Å²) >= 11 is 3.39. The number of nitrogens with zero attached hydrogens (tertiary/aromatic N) is 3. The third-order valence-electron chi connectivity index (χ3n) is 5.41. The zero-order valence-corrected chi connectivity index (χ0v) is 23.7. The van der Waals surface area contributed by atoms with Crippen LogP contribution in [-0.4, -0.2) is 62.6 Å². The molecule has 0 saturated heterocycles. The van der Waals surface area contributed by atoms with Crippen molar-refractivity contribution in [2.45, 2.75) is 33.4 Å². The second-order valence-electron chi connectivity index (χ2n) is 8.85. The van der Waals surface area contributed by atoms with Crippen LogP contribution in [0.4, 0.5) is 11.4 Å². The van der Waals surface area contributed by atoms with E-state index in [1.807, 2.05) is 19.9 Å². The SMILES string of the molecule is COc1ccc([N+](=O)[O-])cc1N(CC(=O)N(Cc1cccc(Br)c1)[C@H](C)C(=O)NCC(C)C)S(C)(=O)=O. The summed E-state index contributed by atoms with van der Waals surface area (Å²) in [4.78, 5) is 38.4. The summed E-state index contributed by atoms with van der Waals surface area (Å²) in [6.45, 7) is 5.16. The molecule has 2 amide bonds. The van der Waals surface area contributed by atoms with E-state index in [1.54, 1.807) is 25.1 Å². The fraction of sp³-hybridized carbons (Fsp3) is 0.417. The topological polar surface area (TPSA) is 139 Å². The smallest absolute Gasteiger partial charge is 0.271 e. The average Bonchev–Trinajstić information content (AvgIpc) is 2.82. The van der Waals surface area contributed by atoms with Crippen molar-refractivity contribution in [3.63, 3.8) is 0 Å². The number of amides is 2. The Hall–Kier alpha value is -3.19. The quantitative estimate of drug-likeness (QED) is 0.292. The highest BCUT2D eigenvalue weighted by molar-refractivity contribution is 9.10. The molecule has 37 heavy (non-hydrogen) atoms. The van der Waals surface area contributed by atoms with Crippen molar-refractivity contribution < 1.29 is 27.7 Å². The summed E-state index contributed by atoms with van der Waals surface area (Å²) in [5.41, 5.74) is 0.182. The van der Waals surface area contributed by atoms with Gasteiger partial charge in [0.25, 0.3) is 5.69 Å². The first kappa shape index (κ1) is 30.0. The minimum absolute atomic E-state index is 0.0260. The Morgan fingerprint density at radius 3 is 2.38 bits per heavy atom. The van der Waals surface area contributed by atoms with Gasteiger partial charge in [-0.3, -0.25) is 24.0 Å². The number of benzene rings is 2. The molecule has 0 aliphatic heterocycles. The molecule has 202 valence electrons. The normalized spacial score (nSPS) is 12.1. The largest absolute Gasteiger partial charge is 0.495 e. The minimum atomic E-state index is -4.09. The highest BCUT2D eigenvalue weighted by Gasteiger charge is 2.32. The van der Waals surface area contributed by atoms with E-state index in [0.29, 0.717) is 12.1 Å². The number of halogens is 1. The summed E-state index contributed by atoms with van der Waals surface area (Å²) < 4.78 is 32.3. The molecule has 0 aliphatic rings. The second kappa shape index (κ2) is 12.9. The Morgan fingerprint density at radius 1 is 1.16 bits per heavy atom. The van der Waals surface area contributed by atoms with Crippen LogP contribution in [0.2, 0.25) is 0 Å². The number of hydrogen-bond donors (Lipinski definition) is 1. The summed E-state index contributed by atoms with van der Waals surface area (Å²) in [6.07, 6.45) is 0.885. The molecule has 0 bridgehead atoms. The molecule has 0 saturated carbocycles. The molecule has 1 atom stereocenters. The van der Waals surface area contributed by atoms with Crippen molar-refractivity contribution in [2.24, 2.45) is 5.92 Å². The highest BCUT2D eigenvalue weighted by atomic mass is 79.9. The number of methoxy groups -OCH3 is 1. The lowest BCUT2D eigenvalue weighted by molar-refractivity contribution is -0.384. The molecule has 0 aliphatic carbocycles. The Morgan fingerprint density at radius 2 is 1.84 bits per heavy atom. The first-order chi connectivity index (χ1) is 17.2. The fourth-order valence-corrected chi connectivity index (χ4v) is 4.74. The zero-order chi connectivity index (χ0) is 27.9. The Labute approximate surface area is 225 Å². The molecule has 0 fully saturated rings. The van der Waals surface area contributed by atoms with E-state index in [1.165, 1.54) is 24.1 Å². The van der Waals surface area contributed by atoms with Crippen LogP contribution in [0.5, 0.6) is 5.75 Å². The molecular formula is C24H31BrN4O7S. The first-order valence-electron chi connectivity index (χ1n) is 11.4. The molecule has 1 N–H and O–H groups in total. The van der Waals surface area contributed by atoms with Crippen molar-refractivity contribution in [1.82, 2.24) is 10.2 Å². The highest BCUT2D eigenvalue weighted by Crippen LogP contribution is 2.34. The van der Waals surface area contributed by atoms with Crippen molar-refractivity contribution in [2.75, 3.05) is 30.8 Å². The summed E-state index contributed by atoms with van der Waals surface area (Å²) in [5.74, 6) is -0.848. The second-order valence-corrected chi connectivity index (χ2v) is 11.7. The van der Waals surface area contributed by atoms with Gasteiger partial charge in [-0.05, 0) is 36.6 Å². The van der Waals surface area contributed by atoms with Crippen LogP contribution in [0.15, 0.2) is 46.9 Å². The Balaban J connectivity index is 2.50. The van der Waals surface area contributed by atoms with E-state index in [-0.39, 0.29) is 29.6 Å². The van der Waals surface area contributed by atoms with E-state index < -0.39 is 39.3 Å². The van der Waals surface area contributed by atoms with Crippen molar-refractivity contribution in [1.29, 1.82) is 0 Å². The van der Waals surface area contributed by atoms with Crippen LogP contribution < -0.4 is 14.4 Å². The maximum Gasteiger partial charge on any atom is 0.271 e. The third kappa shape index (κ3) is 8.42. The van der Waals surface area contributed by atoms with E-state index in [4.69, 9.17) is 4.74 Å². The van der Waals surface area contributed by atoms with E-state index in [2.05, 4.69) is 21.2 Å². The predicted octanol–water partition coefficient (Wildman–Crippen LogP) is 3.32. The summed E-state index contributed by atoms with van der Waals surface area (Å²) in [5, 5.41) is 14.1. The maximum atomic E-state index is 13.6. The summed E-state index contributed by atoms with van der Waals surface area (Å²) in [7, 11) is -2.81. The number of non-ortho nitro benzene ring substituents is 1. The number of sulfonamides is 1. The maximum absolute atomic E-state index is 13.6. The number of nitro groups is 1. The van der Waals surface area contributed by atoms with Gasteiger partial charge in [-0.2, -0.15) is 0 Å². The Bertz CT molecular complexity index is 1250. The lowest BCUT2D eigenvalue weighted by Gasteiger charge is -2.32. The summed E-state index contributed by atoms with van der Waals surface area (Å²) in [6, 6.07) is 9.70. The van der Waals surface area contributed by atoms with Gasteiger partial charge < -0.3 is 15.0 Å².